The van der Waals surface area contributed by atoms with Gasteiger partial charge in [-0.15, -0.1) is 0 Å². The number of ether oxygens (including phenoxy) is 8. The van der Waals surface area contributed by atoms with Crippen LogP contribution in [0.4, 0.5) is 0 Å². The highest BCUT2D eigenvalue weighted by Gasteiger charge is 2.49. The number of imide groups is 2. The first-order valence-electron chi connectivity index (χ1n) is 47.5. The Bertz CT molecular complexity index is 6680. The number of epoxide rings is 4. The van der Waals surface area contributed by atoms with E-state index in [1.54, 1.807) is 24.3 Å². The van der Waals surface area contributed by atoms with Gasteiger partial charge in [-0.3, -0.25) is 48.4 Å². The molecule has 0 bridgehead atoms. The highest BCUT2D eigenvalue weighted by molar-refractivity contribution is 6.45. The lowest BCUT2D eigenvalue weighted by atomic mass is 9.80. The fourth-order valence-corrected chi connectivity index (χ4v) is 22.3. The summed E-state index contributed by atoms with van der Waals surface area (Å²) in [5.41, 5.74) is 10.4. The second-order valence-electron chi connectivity index (χ2n) is 39.1. The number of carbonyl (C=O) groups excluding carboxylic acids is 6. The molecule has 6 fully saturated rings. The molecule has 0 radical (unpaired) electrons. The van der Waals surface area contributed by atoms with Gasteiger partial charge in [0, 0.05) is 129 Å². The number of fused-ring (bicyclic) bond motifs is 8. The number of amides is 6. The molecule has 6 aliphatic heterocycles. The lowest BCUT2D eigenvalue weighted by Gasteiger charge is -2.37. The molecule has 22 heteroatoms. The Kier molecular flexibility index (Phi) is 21.7. The maximum atomic E-state index is 17.5. The second kappa shape index (κ2) is 34.1. The smallest absolute Gasteiger partial charge is 0.262 e. The third kappa shape index (κ3) is 16.1. The maximum Gasteiger partial charge on any atom is 0.262 e. The highest BCUT2D eigenvalue weighted by Crippen LogP contribution is 2.59. The summed E-state index contributed by atoms with van der Waals surface area (Å²) in [7, 11) is 0. The predicted octanol–water partition coefficient (Wildman–Crippen LogP) is 21.1. The fourth-order valence-electron chi connectivity index (χ4n) is 22.3. The number of benzene rings is 13. The first-order chi connectivity index (χ1) is 65.1. The number of rotatable bonds is 30. The molecule has 6 amide bonds. The van der Waals surface area contributed by atoms with Gasteiger partial charge in [-0.2, -0.15) is 0 Å². The summed E-state index contributed by atoms with van der Waals surface area (Å²) in [5, 5.41) is 12.6. The number of para-hydroxylation sites is 4. The van der Waals surface area contributed by atoms with Gasteiger partial charge in [0.2, 0.25) is 11.8 Å². The van der Waals surface area contributed by atoms with Crippen molar-refractivity contribution in [1.82, 2.24) is 30.2 Å². The number of hydrogen-bond acceptors (Lipinski definition) is 18. The van der Waals surface area contributed by atoms with E-state index in [0.29, 0.717) is 114 Å². The fraction of sp³-hybridized carbons (Fsp3) is 0.339. The third-order valence-corrected chi connectivity index (χ3v) is 28.9. The minimum absolute atomic E-state index is 0.0266. The van der Waals surface area contributed by atoms with Crippen molar-refractivity contribution in [3.05, 3.63) is 260 Å². The van der Waals surface area contributed by atoms with Crippen LogP contribution in [0.5, 0.6) is 46.0 Å². The summed E-state index contributed by atoms with van der Waals surface area (Å²) in [4.78, 5) is 110. The lowest BCUT2D eigenvalue weighted by molar-refractivity contribution is -0.126. The Balaban J connectivity index is 0.755. The topological polar surface area (TPSA) is 253 Å². The van der Waals surface area contributed by atoms with Gasteiger partial charge in [-0.25, -0.2) is 0 Å². The highest BCUT2D eigenvalue weighted by atomic mass is 16.6. The molecule has 134 heavy (non-hydrogen) atoms. The largest absolute Gasteiger partial charge is 0.456 e. The predicted molar refractivity (Wildman–Crippen MR) is 515 cm³/mol. The van der Waals surface area contributed by atoms with E-state index in [-0.39, 0.29) is 117 Å². The van der Waals surface area contributed by atoms with E-state index < -0.39 is 47.5 Å². The Hall–Kier alpha value is -13.1. The Labute approximate surface area is 775 Å². The van der Waals surface area contributed by atoms with Crippen LogP contribution in [0.3, 0.4) is 0 Å². The molecule has 2 N–H and O–H groups in total. The van der Waals surface area contributed by atoms with E-state index in [1.807, 2.05) is 213 Å². The van der Waals surface area contributed by atoms with Gasteiger partial charge in [0.15, 0.2) is 0 Å². The molecule has 4 saturated heterocycles. The molecule has 10 atom stereocenters. The Morgan fingerprint density at radius 3 is 0.963 bits per heavy atom. The van der Waals surface area contributed by atoms with Crippen molar-refractivity contribution < 1.29 is 75.5 Å². The second-order valence-corrected chi connectivity index (χ2v) is 39.1. The zero-order valence-electron chi connectivity index (χ0n) is 76.6. The van der Waals surface area contributed by atoms with Crippen molar-refractivity contribution in [2.45, 2.75) is 168 Å². The van der Waals surface area contributed by atoms with Crippen molar-refractivity contribution >= 4 is 122 Å². The zero-order chi connectivity index (χ0) is 91.3. The molecule has 2 aliphatic carbocycles. The summed E-state index contributed by atoms with van der Waals surface area (Å²) in [6.07, 6.45) is 6.69. The van der Waals surface area contributed by atoms with E-state index >= 15 is 28.8 Å². The molecule has 2 aromatic heterocycles. The van der Waals surface area contributed by atoms with Crippen LogP contribution in [0, 0.1) is 67.2 Å². The van der Waals surface area contributed by atoms with Gasteiger partial charge >= 0.3 is 0 Å². The van der Waals surface area contributed by atoms with Crippen LogP contribution >= 0.6 is 0 Å². The average molecular weight is 1790 g/mol. The molecule has 13 aromatic carbocycles. The standard InChI is InChI=1S/C112H106N6O16/c1-59-29-33-87(63(5)37-59)129-93-45-81-97-82(110(122)117(109(81)121)85(43-69-19-15-25-79-77-23-9-11-27-91(77)133-105(69)79)107(119)113-71-21-13-17-67(41-71)49-115(51-73-55-125-73)52-74-56-126-74)47-95(131-89-35-31-61(3)39-65(89)7)101-102-96(132-90-36-32-62(4)40-66(90)8)48-84-98-83(46-94(100(104(98)102)99(93)103(97)101)130-88-34-30-60(2)38-64(88)6)111(123)118(112(84)124)86(44-70-20-16-26-80-78-24-10-12-28-92(78)134-106(70)80)108(120)114-72-22-14-18-68(42-72)50-116(53-75-57-127-75)54-76-58-128-76/h9-12,15-16,19-20,23-40,45-48,67-68,71-76,85-86H,13-14,17-18,21-22,41-44,49-58H2,1-8H3,(H,113,119)(H,114,120). The van der Waals surface area contributed by atoms with E-state index in [9.17, 15) is 0 Å². The van der Waals surface area contributed by atoms with E-state index in [2.05, 4.69) is 20.4 Å². The number of furan rings is 2. The zero-order valence-corrected chi connectivity index (χ0v) is 76.6. The van der Waals surface area contributed by atoms with Crippen LogP contribution in [-0.4, -0.2) is 169 Å². The minimum atomic E-state index is -1.50. The quantitative estimate of drug-likeness (QED) is 0.0184. The Morgan fingerprint density at radius 1 is 0.351 bits per heavy atom. The molecule has 15 aromatic rings. The number of carbonyl (C=O) groups is 6. The Morgan fingerprint density at radius 2 is 0.657 bits per heavy atom. The van der Waals surface area contributed by atoms with Crippen LogP contribution < -0.4 is 29.6 Å². The molecular formula is C112H106N6O16. The molecule has 22 nitrogen and oxygen atoms in total. The first-order valence-corrected chi connectivity index (χ1v) is 47.5. The van der Waals surface area contributed by atoms with Crippen molar-refractivity contribution in [3.63, 3.8) is 0 Å². The number of hydrogen-bond donors (Lipinski definition) is 2. The molecule has 10 unspecified atom stereocenters. The molecule has 8 aliphatic rings. The van der Waals surface area contributed by atoms with Crippen molar-refractivity contribution in [2.75, 3.05) is 65.7 Å². The van der Waals surface area contributed by atoms with E-state index in [4.69, 9.17) is 46.7 Å². The molecule has 2 saturated carbocycles. The lowest BCUT2D eigenvalue weighted by Crippen LogP contribution is -2.56. The van der Waals surface area contributed by atoms with Crippen LogP contribution in [0.1, 0.15) is 148 Å². The van der Waals surface area contributed by atoms with Gasteiger partial charge in [0.1, 0.15) is 80.4 Å². The van der Waals surface area contributed by atoms with Crippen LogP contribution in [0.15, 0.2) is 191 Å². The van der Waals surface area contributed by atoms with Gasteiger partial charge in [-0.1, -0.05) is 156 Å². The molecular weight excluding hydrogens is 1690 g/mol. The molecule has 0 spiro atoms. The van der Waals surface area contributed by atoms with Gasteiger partial charge in [0.05, 0.1) is 73.1 Å². The summed E-state index contributed by atoms with van der Waals surface area (Å²) < 4.78 is 67.2. The van der Waals surface area contributed by atoms with Gasteiger partial charge < -0.3 is 57.4 Å². The van der Waals surface area contributed by atoms with Crippen LogP contribution in [-0.2, 0) is 41.4 Å². The van der Waals surface area contributed by atoms with Gasteiger partial charge in [-0.05, 0) is 200 Å². The van der Waals surface area contributed by atoms with Crippen molar-refractivity contribution in [3.8, 4) is 46.0 Å². The van der Waals surface area contributed by atoms with E-state index in [1.165, 1.54) is 0 Å². The minimum Gasteiger partial charge on any atom is -0.456 e. The van der Waals surface area contributed by atoms with E-state index in [0.717, 1.165) is 167 Å². The van der Waals surface area contributed by atoms with Crippen LogP contribution in [0.25, 0.3) is 87.0 Å². The SMILES string of the molecule is Cc1ccc(Oc2cc3c4c(cc(Oc5ccc(C)cc5C)c5c6c(Oc7ccc(C)cc7C)cc7c8c(cc(Oc9ccc(C)cc9C)c(c2c45)c86)C(=O)N(C(Cc2cccc4c2oc2ccccc24)C(=O)NC2CCCC(CN(CC4CO4)CC4CO4)C2)C7=O)C(=O)N(C(Cc2cccc4c2oc2ccccc24)C(=O)NC2CCCC(CN(CC4CO4)CC4CO4)C2)C3=O)c(C)c1. The summed E-state index contributed by atoms with van der Waals surface area (Å²) in [6.45, 7) is 23.5. The molecule has 23 rings (SSSR count). The first kappa shape index (κ1) is 85.2. The molecule has 680 valence electrons. The summed E-state index contributed by atoms with van der Waals surface area (Å²) in [5.74, 6) is -1.60. The van der Waals surface area contributed by atoms with Crippen molar-refractivity contribution in [1.29, 1.82) is 0 Å². The average Bonchev–Trinajstić information content (AvgIpc) is 1.62. The number of aryl methyl sites for hydroxylation is 8. The maximum absolute atomic E-state index is 17.5. The third-order valence-electron chi connectivity index (χ3n) is 28.9. The number of nitrogens with zero attached hydrogens (tertiary/aromatic N) is 4. The molecule has 8 heterocycles. The van der Waals surface area contributed by atoms with Gasteiger partial charge in [0.25, 0.3) is 23.6 Å². The monoisotopic (exact) mass is 1790 g/mol. The summed E-state index contributed by atoms with van der Waals surface area (Å²) in [6, 6.07) is 53.6. The van der Waals surface area contributed by atoms with Crippen LogP contribution in [0.2, 0.25) is 0 Å². The number of nitrogens with one attached hydrogen (secondary N) is 2. The summed E-state index contributed by atoms with van der Waals surface area (Å²) >= 11 is 0. The van der Waals surface area contributed by atoms with Crippen molar-refractivity contribution in [2.24, 2.45) is 11.8 Å². The normalized spacial score (nSPS) is 20.8.